The minimum Gasteiger partial charge on any atom is -0.489 e. The first kappa shape index (κ1) is 20.1. The molecule has 0 saturated carbocycles. The maximum absolute atomic E-state index is 12.5. The lowest BCUT2D eigenvalue weighted by molar-refractivity contribution is -0.120. The number of carbonyl (C=O) groups excluding carboxylic acids is 2. The molecule has 5 nitrogen and oxygen atoms in total. The van der Waals surface area contributed by atoms with Crippen molar-refractivity contribution in [1.29, 1.82) is 0 Å². The van der Waals surface area contributed by atoms with E-state index in [1.54, 1.807) is 36.4 Å². The van der Waals surface area contributed by atoms with Crippen LogP contribution in [-0.2, 0) is 9.59 Å². The predicted octanol–water partition coefficient (Wildman–Crippen LogP) is 4.77. The average Bonchev–Trinajstić information content (AvgIpc) is 2.55. The van der Waals surface area contributed by atoms with Crippen molar-refractivity contribution < 1.29 is 14.3 Å². The molecule has 2 aromatic carbocycles. The van der Waals surface area contributed by atoms with Crippen molar-refractivity contribution in [2.45, 2.75) is 26.9 Å². The Hall–Kier alpha value is -2.24. The van der Waals surface area contributed by atoms with E-state index in [0.717, 1.165) is 0 Å². The van der Waals surface area contributed by atoms with Crippen molar-refractivity contribution in [2.75, 3.05) is 16.8 Å². The number of para-hydroxylation sites is 3. The van der Waals surface area contributed by atoms with Crippen LogP contribution < -0.4 is 15.0 Å². The SMILES string of the molecule is CC(=O)N(CC(=O)Nc1ccccc1OC(C)C)c1c(Cl)cccc1Cl. The van der Waals surface area contributed by atoms with Gasteiger partial charge in [0.2, 0.25) is 11.8 Å². The highest BCUT2D eigenvalue weighted by molar-refractivity contribution is 6.40. The number of rotatable bonds is 6. The normalized spacial score (nSPS) is 10.5. The third-order valence-electron chi connectivity index (χ3n) is 3.41. The summed E-state index contributed by atoms with van der Waals surface area (Å²) in [6.45, 7) is 4.92. The molecular formula is C19H20Cl2N2O3. The molecule has 0 heterocycles. The number of amides is 2. The van der Waals surface area contributed by atoms with E-state index in [-0.39, 0.29) is 18.6 Å². The smallest absolute Gasteiger partial charge is 0.244 e. The van der Waals surface area contributed by atoms with E-state index in [0.29, 0.717) is 27.2 Å². The second-order valence-corrected chi connectivity index (χ2v) is 6.70. The van der Waals surface area contributed by atoms with Gasteiger partial charge in [0.25, 0.3) is 0 Å². The molecule has 0 aliphatic heterocycles. The molecule has 0 unspecified atom stereocenters. The third-order valence-corrected chi connectivity index (χ3v) is 4.02. The topological polar surface area (TPSA) is 58.6 Å². The molecule has 7 heteroatoms. The minimum absolute atomic E-state index is 0.0382. The number of benzene rings is 2. The third kappa shape index (κ3) is 5.13. The van der Waals surface area contributed by atoms with Crippen molar-refractivity contribution in [1.82, 2.24) is 0 Å². The molecule has 0 aromatic heterocycles. The van der Waals surface area contributed by atoms with Crippen molar-refractivity contribution >= 4 is 46.4 Å². The lowest BCUT2D eigenvalue weighted by Crippen LogP contribution is -2.37. The van der Waals surface area contributed by atoms with Crippen LogP contribution in [-0.4, -0.2) is 24.5 Å². The van der Waals surface area contributed by atoms with Crippen LogP contribution in [0.15, 0.2) is 42.5 Å². The Morgan fingerprint density at radius 2 is 1.69 bits per heavy atom. The summed E-state index contributed by atoms with van der Waals surface area (Å²) in [5.41, 5.74) is 0.838. The predicted molar refractivity (Wildman–Crippen MR) is 105 cm³/mol. The van der Waals surface area contributed by atoms with Crippen LogP contribution in [0.4, 0.5) is 11.4 Å². The van der Waals surface area contributed by atoms with Gasteiger partial charge >= 0.3 is 0 Å². The number of ether oxygens (including phenoxy) is 1. The monoisotopic (exact) mass is 394 g/mol. The Morgan fingerprint density at radius 1 is 1.08 bits per heavy atom. The van der Waals surface area contributed by atoms with Gasteiger partial charge in [-0.1, -0.05) is 41.4 Å². The second-order valence-electron chi connectivity index (χ2n) is 5.89. The number of halogens is 2. The summed E-state index contributed by atoms with van der Waals surface area (Å²) in [5.74, 6) is -0.182. The number of nitrogens with one attached hydrogen (secondary N) is 1. The van der Waals surface area contributed by atoms with Crippen molar-refractivity contribution in [2.24, 2.45) is 0 Å². The van der Waals surface area contributed by atoms with Gasteiger partial charge in [0.1, 0.15) is 12.3 Å². The van der Waals surface area contributed by atoms with Gasteiger partial charge in [0, 0.05) is 6.92 Å². The zero-order chi connectivity index (χ0) is 19.3. The largest absolute Gasteiger partial charge is 0.489 e. The van der Waals surface area contributed by atoms with Gasteiger partial charge in [-0.3, -0.25) is 9.59 Å². The highest BCUT2D eigenvalue weighted by Gasteiger charge is 2.21. The molecule has 0 aliphatic rings. The van der Waals surface area contributed by atoms with Gasteiger partial charge < -0.3 is 15.0 Å². The van der Waals surface area contributed by atoms with E-state index >= 15 is 0 Å². The van der Waals surface area contributed by atoms with Crippen molar-refractivity contribution in [3.05, 3.63) is 52.5 Å². The molecule has 0 bridgehead atoms. The van der Waals surface area contributed by atoms with Gasteiger partial charge in [-0.15, -0.1) is 0 Å². The van der Waals surface area contributed by atoms with Crippen LogP contribution in [0, 0.1) is 0 Å². The molecule has 0 aliphatic carbocycles. The van der Waals surface area contributed by atoms with E-state index in [1.165, 1.54) is 11.8 Å². The standard InChI is InChI=1S/C19H20Cl2N2O3/c1-12(2)26-17-10-5-4-9-16(17)22-18(25)11-23(13(3)24)19-14(20)7-6-8-15(19)21/h4-10,12H,11H2,1-3H3,(H,22,25). The first-order chi connectivity index (χ1) is 12.3. The first-order valence-corrected chi connectivity index (χ1v) is 8.83. The minimum atomic E-state index is -0.393. The quantitative estimate of drug-likeness (QED) is 0.767. The van der Waals surface area contributed by atoms with E-state index in [4.69, 9.17) is 27.9 Å². The van der Waals surface area contributed by atoms with Gasteiger partial charge in [-0.05, 0) is 38.1 Å². The van der Waals surface area contributed by atoms with Crippen LogP contribution in [0.3, 0.4) is 0 Å². The zero-order valence-corrected chi connectivity index (χ0v) is 16.3. The number of carbonyl (C=O) groups is 2. The Morgan fingerprint density at radius 3 is 2.27 bits per heavy atom. The van der Waals surface area contributed by atoms with Gasteiger partial charge in [0.15, 0.2) is 0 Å². The van der Waals surface area contributed by atoms with E-state index in [2.05, 4.69) is 5.32 Å². The number of nitrogens with zero attached hydrogens (tertiary/aromatic N) is 1. The van der Waals surface area contributed by atoms with E-state index in [1.807, 2.05) is 19.9 Å². The van der Waals surface area contributed by atoms with Gasteiger partial charge in [0.05, 0.1) is 27.5 Å². The summed E-state index contributed by atoms with van der Waals surface area (Å²) in [6, 6.07) is 12.0. The maximum Gasteiger partial charge on any atom is 0.244 e. The first-order valence-electron chi connectivity index (χ1n) is 8.07. The molecule has 2 amide bonds. The molecule has 0 radical (unpaired) electrons. The molecule has 0 atom stereocenters. The Balaban J connectivity index is 2.21. The Kier molecular flexibility index (Phi) is 6.89. The fourth-order valence-electron chi connectivity index (χ4n) is 2.35. The molecule has 0 fully saturated rings. The summed E-state index contributed by atoms with van der Waals surface area (Å²) in [5, 5.41) is 3.36. The molecule has 0 spiro atoms. The van der Waals surface area contributed by atoms with Crippen LogP contribution >= 0.6 is 23.2 Å². The molecule has 2 rings (SSSR count). The summed E-state index contributed by atoms with van der Waals surface area (Å²) in [6.07, 6.45) is -0.0382. The fourth-order valence-corrected chi connectivity index (χ4v) is 2.96. The van der Waals surface area contributed by atoms with Crippen LogP contribution in [0.5, 0.6) is 5.75 Å². The van der Waals surface area contributed by atoms with Gasteiger partial charge in [-0.2, -0.15) is 0 Å². The fraction of sp³-hybridized carbons (Fsp3) is 0.263. The number of hydrogen-bond acceptors (Lipinski definition) is 3. The molecule has 26 heavy (non-hydrogen) atoms. The lowest BCUT2D eigenvalue weighted by Gasteiger charge is -2.23. The second kappa shape index (κ2) is 8.92. The molecular weight excluding hydrogens is 375 g/mol. The summed E-state index contributed by atoms with van der Waals surface area (Å²) in [7, 11) is 0. The summed E-state index contributed by atoms with van der Waals surface area (Å²) >= 11 is 12.3. The zero-order valence-electron chi connectivity index (χ0n) is 14.8. The lowest BCUT2D eigenvalue weighted by atomic mass is 10.2. The molecule has 0 saturated heterocycles. The Labute approximate surface area is 162 Å². The van der Waals surface area contributed by atoms with Crippen molar-refractivity contribution in [3.8, 4) is 5.75 Å². The van der Waals surface area contributed by atoms with Crippen LogP contribution in [0.25, 0.3) is 0 Å². The van der Waals surface area contributed by atoms with Crippen LogP contribution in [0.2, 0.25) is 10.0 Å². The Bertz CT molecular complexity index is 789. The van der Waals surface area contributed by atoms with E-state index < -0.39 is 5.91 Å². The molecule has 138 valence electrons. The van der Waals surface area contributed by atoms with Crippen LogP contribution in [0.1, 0.15) is 20.8 Å². The summed E-state index contributed by atoms with van der Waals surface area (Å²) in [4.78, 5) is 25.8. The number of anilines is 2. The average molecular weight is 395 g/mol. The van der Waals surface area contributed by atoms with Crippen molar-refractivity contribution in [3.63, 3.8) is 0 Å². The van der Waals surface area contributed by atoms with Gasteiger partial charge in [-0.25, -0.2) is 0 Å². The maximum atomic E-state index is 12.5. The molecule has 1 N–H and O–H groups in total. The highest BCUT2D eigenvalue weighted by atomic mass is 35.5. The number of hydrogen-bond donors (Lipinski definition) is 1. The highest BCUT2D eigenvalue weighted by Crippen LogP contribution is 2.33. The summed E-state index contributed by atoms with van der Waals surface area (Å²) < 4.78 is 5.68. The molecule has 2 aromatic rings. The van der Waals surface area contributed by atoms with E-state index in [9.17, 15) is 9.59 Å².